The maximum Gasteiger partial charge on any atom is 0.0496 e. The van der Waals surface area contributed by atoms with E-state index in [1.54, 1.807) is 0 Å². The molecule has 1 heterocycles. The van der Waals surface area contributed by atoms with E-state index in [1.165, 1.54) is 5.56 Å². The minimum atomic E-state index is 0.136. The van der Waals surface area contributed by atoms with Crippen LogP contribution >= 0.6 is 23.2 Å². The van der Waals surface area contributed by atoms with Crippen molar-refractivity contribution in [3.8, 4) is 0 Å². The molecule has 2 nitrogen and oxygen atoms in total. The number of benzene rings is 2. The summed E-state index contributed by atoms with van der Waals surface area (Å²) in [5.41, 5.74) is 9.45. The van der Waals surface area contributed by atoms with Crippen LogP contribution in [0.25, 0.3) is 0 Å². The molecule has 0 fully saturated rings. The van der Waals surface area contributed by atoms with Gasteiger partial charge in [0.1, 0.15) is 0 Å². The molecular weight excluding hydrogens is 291 g/mol. The highest BCUT2D eigenvalue weighted by atomic mass is 35.5. The fourth-order valence-electron chi connectivity index (χ4n) is 2.88. The van der Waals surface area contributed by atoms with Crippen molar-refractivity contribution in [3.05, 3.63) is 69.2 Å². The molecule has 0 radical (unpaired) electrons. The molecule has 3 rings (SSSR count). The fraction of sp³-hybridized carbons (Fsp3) is 0.250. The highest BCUT2D eigenvalue weighted by Crippen LogP contribution is 2.41. The molecule has 2 aromatic rings. The molecule has 0 amide bonds. The molecule has 1 atom stereocenters. The first-order valence-electron chi connectivity index (χ1n) is 6.65. The molecule has 0 aromatic heterocycles. The number of rotatable bonds is 3. The molecule has 104 valence electrons. The molecule has 0 spiro atoms. The minimum absolute atomic E-state index is 0.136. The van der Waals surface area contributed by atoms with Gasteiger partial charge in [-0.3, -0.25) is 4.90 Å². The summed E-state index contributed by atoms with van der Waals surface area (Å²) in [5.74, 6) is 0. The first-order chi connectivity index (χ1) is 9.70. The van der Waals surface area contributed by atoms with Crippen molar-refractivity contribution in [2.45, 2.75) is 19.1 Å². The average molecular weight is 307 g/mol. The second-order valence-electron chi connectivity index (χ2n) is 5.06. The van der Waals surface area contributed by atoms with E-state index in [0.29, 0.717) is 6.54 Å². The lowest BCUT2D eigenvalue weighted by molar-refractivity contribution is 0.211. The molecule has 4 heteroatoms. The maximum absolute atomic E-state index is 6.34. The predicted octanol–water partition coefficient (Wildman–Crippen LogP) is 4.01. The predicted molar refractivity (Wildman–Crippen MR) is 83.9 cm³/mol. The first-order valence-corrected chi connectivity index (χ1v) is 7.41. The van der Waals surface area contributed by atoms with E-state index in [9.17, 15) is 0 Å². The van der Waals surface area contributed by atoms with Gasteiger partial charge in [-0.05, 0) is 28.8 Å². The van der Waals surface area contributed by atoms with Crippen molar-refractivity contribution >= 4 is 23.2 Å². The van der Waals surface area contributed by atoms with Crippen LogP contribution in [-0.2, 0) is 13.1 Å². The standard InChI is InChI=1S/C16H16Cl2N2/c17-13-6-7-14(18)16-12(13)10-20(15(16)8-19)9-11-4-2-1-3-5-11/h1-7,15H,8-10,19H2. The van der Waals surface area contributed by atoms with Gasteiger partial charge in [-0.25, -0.2) is 0 Å². The van der Waals surface area contributed by atoms with Crippen molar-refractivity contribution in [1.29, 1.82) is 0 Å². The molecule has 0 saturated heterocycles. The van der Waals surface area contributed by atoms with Crippen LogP contribution in [0.3, 0.4) is 0 Å². The van der Waals surface area contributed by atoms with E-state index >= 15 is 0 Å². The quantitative estimate of drug-likeness (QED) is 0.928. The number of nitrogens with two attached hydrogens (primary N) is 1. The average Bonchev–Trinajstić information content (AvgIpc) is 2.83. The van der Waals surface area contributed by atoms with Gasteiger partial charge in [0.05, 0.1) is 0 Å². The Kier molecular flexibility index (Phi) is 3.99. The van der Waals surface area contributed by atoms with Gasteiger partial charge >= 0.3 is 0 Å². The minimum Gasteiger partial charge on any atom is -0.329 e. The van der Waals surface area contributed by atoms with Crippen molar-refractivity contribution < 1.29 is 0 Å². The van der Waals surface area contributed by atoms with Crippen molar-refractivity contribution in [2.75, 3.05) is 6.54 Å². The van der Waals surface area contributed by atoms with Crippen molar-refractivity contribution in [3.63, 3.8) is 0 Å². The monoisotopic (exact) mass is 306 g/mol. The zero-order valence-electron chi connectivity index (χ0n) is 11.0. The SMILES string of the molecule is NCC1c2c(Cl)ccc(Cl)c2CN1Cc1ccccc1. The van der Waals surface area contributed by atoms with Crippen LogP contribution in [0.4, 0.5) is 0 Å². The van der Waals surface area contributed by atoms with E-state index in [0.717, 1.165) is 34.3 Å². The molecule has 1 aliphatic rings. The highest BCUT2D eigenvalue weighted by Gasteiger charge is 2.32. The second-order valence-corrected chi connectivity index (χ2v) is 5.88. The summed E-state index contributed by atoms with van der Waals surface area (Å²) in [6.07, 6.45) is 0. The third-order valence-corrected chi connectivity index (χ3v) is 4.52. The summed E-state index contributed by atoms with van der Waals surface area (Å²) in [4.78, 5) is 2.33. The lowest BCUT2D eigenvalue weighted by atomic mass is 10.0. The Balaban J connectivity index is 1.93. The summed E-state index contributed by atoms with van der Waals surface area (Å²) >= 11 is 12.6. The Labute approximate surface area is 129 Å². The van der Waals surface area contributed by atoms with Gasteiger partial charge in [0.2, 0.25) is 0 Å². The molecule has 1 unspecified atom stereocenters. The summed E-state index contributed by atoms with van der Waals surface area (Å²) in [5, 5.41) is 1.54. The summed E-state index contributed by atoms with van der Waals surface area (Å²) in [7, 11) is 0. The smallest absolute Gasteiger partial charge is 0.0496 e. The van der Waals surface area contributed by atoms with E-state index in [1.807, 2.05) is 18.2 Å². The normalized spacial score (nSPS) is 18.2. The van der Waals surface area contributed by atoms with Gasteiger partial charge in [0.25, 0.3) is 0 Å². The summed E-state index contributed by atoms with van der Waals surface area (Å²) < 4.78 is 0. The Morgan fingerprint density at radius 1 is 1.05 bits per heavy atom. The van der Waals surface area contributed by atoms with E-state index in [-0.39, 0.29) is 6.04 Å². The Morgan fingerprint density at radius 3 is 2.45 bits per heavy atom. The first kappa shape index (κ1) is 13.9. The van der Waals surface area contributed by atoms with E-state index < -0.39 is 0 Å². The van der Waals surface area contributed by atoms with Gasteiger partial charge in [-0.1, -0.05) is 53.5 Å². The zero-order chi connectivity index (χ0) is 14.1. The molecule has 2 N–H and O–H groups in total. The van der Waals surface area contributed by atoms with Crippen LogP contribution in [-0.4, -0.2) is 11.4 Å². The van der Waals surface area contributed by atoms with Gasteiger partial charge in [-0.15, -0.1) is 0 Å². The summed E-state index contributed by atoms with van der Waals surface area (Å²) in [6, 6.07) is 14.2. The zero-order valence-corrected chi connectivity index (χ0v) is 12.5. The summed E-state index contributed by atoms with van der Waals surface area (Å²) in [6.45, 7) is 2.19. The van der Waals surface area contributed by atoms with E-state index in [4.69, 9.17) is 28.9 Å². The van der Waals surface area contributed by atoms with Gasteiger partial charge < -0.3 is 5.73 Å². The van der Waals surface area contributed by atoms with Crippen LogP contribution in [0.15, 0.2) is 42.5 Å². The topological polar surface area (TPSA) is 29.3 Å². The van der Waals surface area contributed by atoms with Crippen molar-refractivity contribution in [2.24, 2.45) is 5.73 Å². The van der Waals surface area contributed by atoms with Gasteiger partial charge in [0, 0.05) is 35.7 Å². The maximum atomic E-state index is 6.34. The number of fused-ring (bicyclic) bond motifs is 1. The molecular formula is C16H16Cl2N2. The Hall–Kier alpha value is -1.06. The third kappa shape index (κ3) is 2.45. The second kappa shape index (κ2) is 5.74. The Bertz CT molecular complexity index is 613. The molecule has 20 heavy (non-hydrogen) atoms. The van der Waals surface area contributed by atoms with Crippen LogP contribution in [0, 0.1) is 0 Å². The van der Waals surface area contributed by atoms with Crippen molar-refractivity contribution in [1.82, 2.24) is 4.90 Å². The number of nitrogens with zero attached hydrogens (tertiary/aromatic N) is 1. The largest absolute Gasteiger partial charge is 0.329 e. The Morgan fingerprint density at radius 2 is 1.75 bits per heavy atom. The lowest BCUT2D eigenvalue weighted by Crippen LogP contribution is -2.27. The fourth-order valence-corrected chi connectivity index (χ4v) is 3.40. The number of hydrogen-bond donors (Lipinski definition) is 1. The van der Waals surface area contributed by atoms with Crippen LogP contribution in [0.2, 0.25) is 10.0 Å². The van der Waals surface area contributed by atoms with Crippen LogP contribution < -0.4 is 5.73 Å². The molecule has 0 bridgehead atoms. The number of hydrogen-bond acceptors (Lipinski definition) is 2. The third-order valence-electron chi connectivity index (χ3n) is 3.83. The van der Waals surface area contributed by atoms with Gasteiger partial charge in [0.15, 0.2) is 0 Å². The van der Waals surface area contributed by atoms with Crippen LogP contribution in [0.5, 0.6) is 0 Å². The highest BCUT2D eigenvalue weighted by molar-refractivity contribution is 6.34. The molecule has 1 aliphatic heterocycles. The molecule has 0 saturated carbocycles. The van der Waals surface area contributed by atoms with Crippen LogP contribution in [0.1, 0.15) is 22.7 Å². The van der Waals surface area contributed by atoms with Gasteiger partial charge in [-0.2, -0.15) is 0 Å². The van der Waals surface area contributed by atoms with E-state index in [2.05, 4.69) is 29.2 Å². The molecule has 0 aliphatic carbocycles. The molecule has 2 aromatic carbocycles. The lowest BCUT2D eigenvalue weighted by Gasteiger charge is -2.24. The number of halogens is 2.